The van der Waals surface area contributed by atoms with Crippen molar-refractivity contribution in [1.82, 2.24) is 9.88 Å². The van der Waals surface area contributed by atoms with Gasteiger partial charge in [0.05, 0.1) is 12.6 Å². The number of nitrogens with zero attached hydrogens (tertiary/aromatic N) is 1. The number of ether oxygens (including phenoxy) is 1. The Morgan fingerprint density at radius 1 is 1.23 bits per heavy atom. The topological polar surface area (TPSA) is 63.5 Å². The van der Waals surface area contributed by atoms with Crippen LogP contribution in [-0.2, 0) is 13.6 Å². The number of carbonyl (C=O) groups is 1. The third-order valence-corrected chi connectivity index (χ3v) is 4.84. The van der Waals surface area contributed by atoms with Crippen LogP contribution in [0.2, 0.25) is 0 Å². The first-order chi connectivity index (χ1) is 12.5. The number of aromatic nitrogens is 1. The van der Waals surface area contributed by atoms with Crippen LogP contribution in [-0.4, -0.2) is 29.3 Å². The van der Waals surface area contributed by atoms with E-state index in [-0.39, 0.29) is 0 Å². The Balaban J connectivity index is 1.84. The molecular weight excluding hydrogens is 328 g/mol. The van der Waals surface area contributed by atoms with Gasteiger partial charge in [-0.2, -0.15) is 0 Å². The number of fused-ring (bicyclic) bond motifs is 1. The summed E-state index contributed by atoms with van der Waals surface area (Å²) in [4.78, 5) is 11.8. The second-order valence-corrected chi connectivity index (χ2v) is 6.52. The van der Waals surface area contributed by atoms with Crippen molar-refractivity contribution in [3.05, 3.63) is 65.4 Å². The molecule has 0 aliphatic carbocycles. The molecule has 0 saturated heterocycles. The highest BCUT2D eigenvalue weighted by atomic mass is 16.5. The first kappa shape index (κ1) is 18.0. The number of hydrogen-bond acceptors (Lipinski definition) is 3. The van der Waals surface area contributed by atoms with E-state index in [0.717, 1.165) is 23.0 Å². The zero-order valence-corrected chi connectivity index (χ0v) is 15.3. The SMILES string of the molecule is COc1ccc2c(CNC[C@@H](C)c3ccccc3)c(C(=O)O)n(C)c2c1. The lowest BCUT2D eigenvalue weighted by Crippen LogP contribution is -2.21. The molecule has 1 atom stereocenters. The van der Waals surface area contributed by atoms with E-state index >= 15 is 0 Å². The molecule has 0 amide bonds. The molecule has 0 unspecified atom stereocenters. The monoisotopic (exact) mass is 352 g/mol. The third kappa shape index (κ3) is 3.44. The number of hydrogen-bond donors (Lipinski definition) is 2. The van der Waals surface area contributed by atoms with Gasteiger partial charge in [0.15, 0.2) is 0 Å². The van der Waals surface area contributed by atoms with Crippen LogP contribution in [0.4, 0.5) is 0 Å². The van der Waals surface area contributed by atoms with Crippen LogP contribution in [0.1, 0.15) is 34.5 Å². The van der Waals surface area contributed by atoms with Gasteiger partial charge in [-0.05, 0) is 23.6 Å². The zero-order valence-electron chi connectivity index (χ0n) is 15.3. The minimum atomic E-state index is -0.921. The second-order valence-electron chi connectivity index (χ2n) is 6.52. The number of nitrogens with one attached hydrogen (secondary N) is 1. The molecule has 0 aliphatic rings. The van der Waals surface area contributed by atoms with Gasteiger partial charge in [-0.3, -0.25) is 0 Å². The lowest BCUT2D eigenvalue weighted by Gasteiger charge is -2.13. The lowest BCUT2D eigenvalue weighted by atomic mass is 10.0. The first-order valence-corrected chi connectivity index (χ1v) is 8.67. The summed E-state index contributed by atoms with van der Waals surface area (Å²) in [5.41, 5.74) is 3.24. The smallest absolute Gasteiger partial charge is 0.352 e. The molecule has 2 aromatic carbocycles. The Kier molecular flexibility index (Phi) is 5.28. The van der Waals surface area contributed by atoms with Crippen molar-refractivity contribution in [2.45, 2.75) is 19.4 Å². The van der Waals surface area contributed by atoms with E-state index in [9.17, 15) is 9.90 Å². The Labute approximate surface area is 153 Å². The molecule has 5 heteroatoms. The fraction of sp³-hybridized carbons (Fsp3) is 0.286. The van der Waals surface area contributed by atoms with Crippen LogP contribution in [0.25, 0.3) is 10.9 Å². The fourth-order valence-electron chi connectivity index (χ4n) is 3.39. The highest BCUT2D eigenvalue weighted by molar-refractivity contribution is 5.98. The minimum Gasteiger partial charge on any atom is -0.497 e. The maximum absolute atomic E-state index is 11.8. The van der Waals surface area contributed by atoms with Crippen LogP contribution in [0.5, 0.6) is 5.75 Å². The second kappa shape index (κ2) is 7.62. The van der Waals surface area contributed by atoms with Crippen molar-refractivity contribution in [1.29, 1.82) is 0 Å². The van der Waals surface area contributed by atoms with E-state index in [0.29, 0.717) is 23.9 Å². The Hall–Kier alpha value is -2.79. The van der Waals surface area contributed by atoms with Crippen molar-refractivity contribution < 1.29 is 14.6 Å². The molecule has 2 N–H and O–H groups in total. The Bertz CT molecular complexity index is 916. The van der Waals surface area contributed by atoms with Gasteiger partial charge in [-0.25, -0.2) is 4.79 Å². The fourth-order valence-corrected chi connectivity index (χ4v) is 3.39. The normalized spacial score (nSPS) is 12.3. The molecule has 1 heterocycles. The van der Waals surface area contributed by atoms with E-state index in [1.165, 1.54) is 5.56 Å². The average Bonchev–Trinajstić information content (AvgIpc) is 2.94. The van der Waals surface area contributed by atoms with Crippen LogP contribution in [0.3, 0.4) is 0 Å². The largest absolute Gasteiger partial charge is 0.497 e. The van der Waals surface area contributed by atoms with E-state index in [2.05, 4.69) is 24.4 Å². The van der Waals surface area contributed by atoms with Crippen LogP contribution < -0.4 is 10.1 Å². The van der Waals surface area contributed by atoms with Gasteiger partial charge >= 0.3 is 5.97 Å². The number of aromatic carboxylic acids is 1. The average molecular weight is 352 g/mol. The molecule has 3 aromatic rings. The van der Waals surface area contributed by atoms with E-state index in [1.54, 1.807) is 18.7 Å². The Morgan fingerprint density at radius 3 is 2.62 bits per heavy atom. The van der Waals surface area contributed by atoms with Crippen molar-refractivity contribution >= 4 is 16.9 Å². The quantitative estimate of drug-likeness (QED) is 0.679. The molecule has 136 valence electrons. The maximum Gasteiger partial charge on any atom is 0.352 e. The van der Waals surface area contributed by atoms with Crippen molar-refractivity contribution in [2.75, 3.05) is 13.7 Å². The molecule has 0 radical (unpaired) electrons. The molecule has 5 nitrogen and oxygen atoms in total. The van der Waals surface area contributed by atoms with Crippen LogP contribution >= 0.6 is 0 Å². The summed E-state index contributed by atoms with van der Waals surface area (Å²) in [5.74, 6) is 0.141. The number of rotatable bonds is 7. The van der Waals surface area contributed by atoms with Gasteiger partial charge in [0.25, 0.3) is 0 Å². The highest BCUT2D eigenvalue weighted by Gasteiger charge is 2.20. The maximum atomic E-state index is 11.8. The molecule has 0 fully saturated rings. The van der Waals surface area contributed by atoms with Crippen LogP contribution in [0.15, 0.2) is 48.5 Å². The summed E-state index contributed by atoms with van der Waals surface area (Å²) in [6.07, 6.45) is 0. The van der Waals surface area contributed by atoms with Gasteiger partial charge in [0.2, 0.25) is 0 Å². The molecule has 0 saturated carbocycles. The summed E-state index contributed by atoms with van der Waals surface area (Å²) >= 11 is 0. The summed E-state index contributed by atoms with van der Waals surface area (Å²) in [5, 5.41) is 14.0. The number of benzene rings is 2. The molecule has 0 spiro atoms. The van der Waals surface area contributed by atoms with Gasteiger partial charge in [-0.15, -0.1) is 0 Å². The zero-order chi connectivity index (χ0) is 18.7. The lowest BCUT2D eigenvalue weighted by molar-refractivity contribution is 0.0685. The molecule has 1 aromatic heterocycles. The van der Waals surface area contributed by atoms with Crippen molar-refractivity contribution in [3.8, 4) is 5.75 Å². The van der Waals surface area contributed by atoms with E-state index < -0.39 is 5.97 Å². The molecular formula is C21H24N2O3. The highest BCUT2D eigenvalue weighted by Crippen LogP contribution is 2.29. The molecule has 3 rings (SSSR count). The third-order valence-electron chi connectivity index (χ3n) is 4.84. The van der Waals surface area contributed by atoms with Crippen molar-refractivity contribution in [3.63, 3.8) is 0 Å². The number of carboxylic acid groups (broad SMARTS) is 1. The summed E-state index contributed by atoms with van der Waals surface area (Å²) < 4.78 is 6.99. The molecule has 26 heavy (non-hydrogen) atoms. The van der Waals surface area contributed by atoms with E-state index in [1.807, 2.05) is 36.4 Å². The van der Waals surface area contributed by atoms with Gasteiger partial charge < -0.3 is 19.7 Å². The summed E-state index contributed by atoms with van der Waals surface area (Å²) in [6.45, 7) is 3.44. The van der Waals surface area contributed by atoms with Gasteiger partial charge in [-0.1, -0.05) is 37.3 Å². The van der Waals surface area contributed by atoms with Gasteiger partial charge in [0.1, 0.15) is 11.4 Å². The predicted octanol–water partition coefficient (Wildman–Crippen LogP) is 3.78. The number of aryl methyl sites for hydroxylation is 1. The number of methoxy groups -OCH3 is 1. The van der Waals surface area contributed by atoms with Crippen molar-refractivity contribution in [2.24, 2.45) is 7.05 Å². The Morgan fingerprint density at radius 2 is 1.96 bits per heavy atom. The molecule has 0 bridgehead atoms. The predicted molar refractivity (Wildman–Crippen MR) is 103 cm³/mol. The summed E-state index contributed by atoms with van der Waals surface area (Å²) in [7, 11) is 3.39. The summed E-state index contributed by atoms with van der Waals surface area (Å²) in [6, 6.07) is 16.0. The standard InChI is InChI=1S/C21H24N2O3/c1-14(15-7-5-4-6-8-15)12-22-13-18-17-10-9-16(26-3)11-19(17)23(2)20(18)21(24)25/h4-11,14,22H,12-13H2,1-3H3,(H,24,25)/t14-/m1/s1. The van der Waals surface area contributed by atoms with Gasteiger partial charge in [0, 0.05) is 37.2 Å². The van der Waals surface area contributed by atoms with E-state index in [4.69, 9.17) is 4.74 Å². The minimum absolute atomic E-state index is 0.313. The molecule has 0 aliphatic heterocycles. The van der Waals surface area contributed by atoms with Crippen LogP contribution in [0, 0.1) is 0 Å². The first-order valence-electron chi connectivity index (χ1n) is 8.67. The number of carboxylic acids is 1.